The number of benzene rings is 3. The Morgan fingerprint density at radius 1 is 1.03 bits per heavy atom. The van der Waals surface area contributed by atoms with Crippen LogP contribution in [0.5, 0.6) is 0 Å². The van der Waals surface area contributed by atoms with Crippen molar-refractivity contribution >= 4 is 18.0 Å². The maximum Gasteiger partial charge on any atom is 0.335 e. The monoisotopic (exact) mass is 495 g/mol. The molecular formula is C32H33NO4. The van der Waals surface area contributed by atoms with Gasteiger partial charge in [-0.25, -0.2) is 4.79 Å². The van der Waals surface area contributed by atoms with Crippen molar-refractivity contribution in [1.82, 2.24) is 0 Å². The highest BCUT2D eigenvalue weighted by molar-refractivity contribution is 5.87. The molecule has 0 aliphatic heterocycles. The predicted molar refractivity (Wildman–Crippen MR) is 144 cm³/mol. The van der Waals surface area contributed by atoms with Crippen molar-refractivity contribution in [3.05, 3.63) is 112 Å². The highest BCUT2D eigenvalue weighted by Crippen LogP contribution is 2.56. The molecule has 0 fully saturated rings. The summed E-state index contributed by atoms with van der Waals surface area (Å²) in [4.78, 5) is 24.8. The molecule has 0 saturated carbocycles. The van der Waals surface area contributed by atoms with E-state index in [0.717, 1.165) is 36.0 Å². The Morgan fingerprint density at radius 2 is 1.70 bits per heavy atom. The average molecular weight is 496 g/mol. The van der Waals surface area contributed by atoms with Crippen LogP contribution in [0.2, 0.25) is 0 Å². The van der Waals surface area contributed by atoms with Crippen molar-refractivity contribution in [2.75, 3.05) is 0 Å². The fraction of sp³-hybridized carbons (Fsp3) is 0.312. The number of hydrogen-bond acceptors (Lipinski definition) is 4. The van der Waals surface area contributed by atoms with Crippen molar-refractivity contribution < 1.29 is 19.4 Å². The Labute approximate surface area is 218 Å². The van der Waals surface area contributed by atoms with Gasteiger partial charge in [0, 0.05) is 5.41 Å². The average Bonchev–Trinajstić information content (AvgIpc) is 3.48. The lowest BCUT2D eigenvalue weighted by Gasteiger charge is -2.38. The minimum absolute atomic E-state index is 0.0112. The predicted octanol–water partition coefficient (Wildman–Crippen LogP) is 5.77. The minimum atomic E-state index is -0.950. The molecule has 0 heterocycles. The maximum atomic E-state index is 13.4. The van der Waals surface area contributed by atoms with E-state index < -0.39 is 23.5 Å². The highest BCUT2D eigenvalue weighted by Gasteiger charge is 2.52. The topological polar surface area (TPSA) is 89.6 Å². The largest absolute Gasteiger partial charge is 0.478 e. The number of ether oxygens (including phenoxy) is 1. The van der Waals surface area contributed by atoms with Gasteiger partial charge in [-0.2, -0.15) is 0 Å². The number of aromatic carboxylic acids is 1. The van der Waals surface area contributed by atoms with E-state index in [1.165, 1.54) is 16.7 Å². The summed E-state index contributed by atoms with van der Waals surface area (Å²) in [5.41, 5.74) is 12.9. The van der Waals surface area contributed by atoms with Gasteiger partial charge >= 0.3 is 11.9 Å². The summed E-state index contributed by atoms with van der Waals surface area (Å²) in [6.07, 6.45) is 4.66. The first kappa shape index (κ1) is 25.0. The molecule has 2 aliphatic rings. The first-order chi connectivity index (χ1) is 17.8. The molecule has 0 saturated heterocycles. The van der Waals surface area contributed by atoms with E-state index in [-0.39, 0.29) is 17.5 Å². The molecule has 5 heteroatoms. The molecule has 2 aliphatic carbocycles. The Balaban J connectivity index is 1.60. The molecule has 0 radical (unpaired) electrons. The molecule has 3 N–H and O–H groups in total. The molecule has 5 rings (SSSR count). The van der Waals surface area contributed by atoms with Crippen LogP contribution in [0.1, 0.15) is 64.5 Å². The summed E-state index contributed by atoms with van der Waals surface area (Å²) >= 11 is 0. The van der Waals surface area contributed by atoms with Crippen LogP contribution in [-0.4, -0.2) is 23.1 Å². The van der Waals surface area contributed by atoms with E-state index in [2.05, 4.69) is 36.4 Å². The Bertz CT molecular complexity index is 1360. The third-order valence-corrected chi connectivity index (χ3v) is 8.23. The van der Waals surface area contributed by atoms with E-state index in [9.17, 15) is 14.7 Å². The van der Waals surface area contributed by atoms with E-state index in [4.69, 9.17) is 10.5 Å². The third kappa shape index (κ3) is 4.60. The maximum absolute atomic E-state index is 13.4. The van der Waals surface area contributed by atoms with Crippen molar-refractivity contribution in [3.8, 4) is 0 Å². The van der Waals surface area contributed by atoms with Gasteiger partial charge in [0.25, 0.3) is 0 Å². The van der Waals surface area contributed by atoms with Gasteiger partial charge in [0.05, 0.1) is 5.56 Å². The molecule has 4 atom stereocenters. The Morgan fingerprint density at radius 3 is 2.38 bits per heavy atom. The van der Waals surface area contributed by atoms with Gasteiger partial charge in [-0.3, -0.25) is 4.79 Å². The van der Waals surface area contributed by atoms with E-state index in [1.54, 1.807) is 12.1 Å². The highest BCUT2D eigenvalue weighted by atomic mass is 16.5. The zero-order chi connectivity index (χ0) is 26.2. The molecule has 0 aromatic heterocycles. The molecule has 3 aromatic carbocycles. The zero-order valence-electron chi connectivity index (χ0n) is 21.3. The van der Waals surface area contributed by atoms with Crippen LogP contribution in [0, 0.1) is 11.3 Å². The van der Waals surface area contributed by atoms with Gasteiger partial charge in [0.15, 0.2) is 0 Å². The second-order valence-electron chi connectivity index (χ2n) is 10.5. The second kappa shape index (κ2) is 9.98. The van der Waals surface area contributed by atoms with Crippen LogP contribution in [-0.2, 0) is 28.8 Å². The fourth-order valence-corrected chi connectivity index (χ4v) is 5.82. The summed E-state index contributed by atoms with van der Waals surface area (Å²) in [6.45, 7) is 4.00. The quantitative estimate of drug-likeness (QED) is 0.388. The van der Waals surface area contributed by atoms with Crippen LogP contribution in [0.4, 0.5) is 0 Å². The minimum Gasteiger partial charge on any atom is -0.478 e. The lowest BCUT2D eigenvalue weighted by Crippen LogP contribution is -2.41. The van der Waals surface area contributed by atoms with Crippen LogP contribution in [0.3, 0.4) is 0 Å². The van der Waals surface area contributed by atoms with E-state index in [1.807, 2.05) is 44.2 Å². The van der Waals surface area contributed by atoms with E-state index in [0.29, 0.717) is 6.42 Å². The molecular weight excluding hydrogens is 462 g/mol. The number of carbonyl (C=O) groups excluding carboxylic acids is 1. The summed E-state index contributed by atoms with van der Waals surface area (Å²) in [7, 11) is 0. The van der Waals surface area contributed by atoms with Gasteiger partial charge in [-0.05, 0) is 65.1 Å². The van der Waals surface area contributed by atoms with Gasteiger partial charge in [0.1, 0.15) is 12.1 Å². The second-order valence-corrected chi connectivity index (χ2v) is 10.5. The molecule has 0 spiro atoms. The SMILES string of the molecule is CCC(C)C(N)C(=O)OC1c2ccccc2CC1(Cc1ccc(C(=O)O)cc1)C1=Cc2ccccc2C1. The number of esters is 1. The van der Waals surface area contributed by atoms with Gasteiger partial charge in [0.2, 0.25) is 0 Å². The summed E-state index contributed by atoms with van der Waals surface area (Å²) < 4.78 is 6.39. The van der Waals surface area contributed by atoms with Crippen molar-refractivity contribution in [2.45, 2.75) is 51.7 Å². The lowest BCUT2D eigenvalue weighted by molar-refractivity contribution is -0.157. The number of hydrogen-bond donors (Lipinski definition) is 2. The summed E-state index contributed by atoms with van der Waals surface area (Å²) in [5, 5.41) is 9.38. The summed E-state index contributed by atoms with van der Waals surface area (Å²) in [5.74, 6) is -1.32. The van der Waals surface area contributed by atoms with E-state index >= 15 is 0 Å². The molecule has 37 heavy (non-hydrogen) atoms. The first-order valence-corrected chi connectivity index (χ1v) is 13.0. The number of fused-ring (bicyclic) bond motifs is 2. The molecule has 3 aromatic rings. The van der Waals surface area contributed by atoms with Crippen LogP contribution in [0.25, 0.3) is 6.08 Å². The first-order valence-electron chi connectivity index (χ1n) is 13.0. The number of carboxylic acid groups (broad SMARTS) is 1. The fourth-order valence-electron chi connectivity index (χ4n) is 5.82. The van der Waals surface area contributed by atoms with Crippen molar-refractivity contribution in [2.24, 2.45) is 17.1 Å². The van der Waals surface area contributed by atoms with Gasteiger partial charge in [-0.15, -0.1) is 0 Å². The molecule has 190 valence electrons. The Hall–Kier alpha value is -3.70. The standard InChI is InChI=1S/C32H33NO4/c1-3-20(2)28(33)31(36)37-29-27-11-7-6-10-25(27)19-32(29,18-21-12-14-22(15-13-21)30(34)35)26-16-23-8-4-5-9-24(23)17-26/h4-16,20,28-29H,3,17-19,33H2,1-2H3,(H,34,35). The normalized spacial score (nSPS) is 21.5. The molecule has 0 bridgehead atoms. The number of carboxylic acids is 1. The Kier molecular flexibility index (Phi) is 6.74. The third-order valence-electron chi connectivity index (χ3n) is 8.23. The van der Waals surface area contributed by atoms with Crippen LogP contribution < -0.4 is 5.73 Å². The van der Waals surface area contributed by atoms with Gasteiger partial charge < -0.3 is 15.6 Å². The molecule has 5 nitrogen and oxygen atoms in total. The zero-order valence-corrected chi connectivity index (χ0v) is 21.3. The summed E-state index contributed by atoms with van der Waals surface area (Å²) in [6, 6.07) is 22.9. The van der Waals surface area contributed by atoms with Gasteiger partial charge in [-0.1, -0.05) is 92.6 Å². The van der Waals surface area contributed by atoms with Crippen LogP contribution >= 0.6 is 0 Å². The molecule has 4 unspecified atom stereocenters. The lowest BCUT2D eigenvalue weighted by atomic mass is 9.70. The number of nitrogens with two attached hydrogens (primary N) is 1. The smallest absolute Gasteiger partial charge is 0.335 e. The van der Waals surface area contributed by atoms with Crippen molar-refractivity contribution in [3.63, 3.8) is 0 Å². The number of carbonyl (C=O) groups is 2. The number of rotatable bonds is 8. The molecule has 0 amide bonds. The van der Waals surface area contributed by atoms with Crippen molar-refractivity contribution in [1.29, 1.82) is 0 Å². The van der Waals surface area contributed by atoms with Crippen LogP contribution in [0.15, 0.2) is 78.4 Å².